The number of thiophene rings is 1. The van der Waals surface area contributed by atoms with E-state index in [4.69, 9.17) is 15.2 Å². The van der Waals surface area contributed by atoms with Crippen LogP contribution in [0.15, 0.2) is 0 Å². The minimum Gasteiger partial charge on any atom is -0.462 e. The van der Waals surface area contributed by atoms with E-state index in [0.29, 0.717) is 29.7 Å². The summed E-state index contributed by atoms with van der Waals surface area (Å²) in [4.78, 5) is 24.5. The average Bonchev–Trinajstić information content (AvgIpc) is 2.86. The first-order valence-corrected chi connectivity index (χ1v) is 8.44. The van der Waals surface area contributed by atoms with Crippen molar-refractivity contribution in [3.63, 3.8) is 0 Å². The van der Waals surface area contributed by atoms with E-state index in [1.165, 1.54) is 11.3 Å². The first-order chi connectivity index (χ1) is 11.1. The summed E-state index contributed by atoms with van der Waals surface area (Å²) in [6.45, 7) is 7.79. The Hall–Kier alpha value is -1.77. The van der Waals surface area contributed by atoms with E-state index in [1.54, 1.807) is 6.92 Å². The Morgan fingerprint density at radius 1 is 1.39 bits per heavy atom. The van der Waals surface area contributed by atoms with Crippen LogP contribution in [0.25, 0.3) is 10.2 Å². The Kier molecular flexibility index (Phi) is 4.74. The second-order valence-electron chi connectivity index (χ2n) is 5.37. The maximum Gasteiger partial charge on any atom is 0.348 e. The van der Waals surface area contributed by atoms with Gasteiger partial charge in [-0.25, -0.2) is 14.8 Å². The van der Waals surface area contributed by atoms with E-state index in [2.05, 4.69) is 14.9 Å². The van der Waals surface area contributed by atoms with E-state index in [1.807, 2.05) is 6.92 Å². The van der Waals surface area contributed by atoms with Crippen LogP contribution in [-0.4, -0.2) is 53.7 Å². The fourth-order valence-electron chi connectivity index (χ4n) is 2.64. The third-order valence-corrected chi connectivity index (χ3v) is 4.96. The minimum absolute atomic E-state index is 0.331. The lowest BCUT2D eigenvalue weighted by molar-refractivity contribution is 0.0331. The lowest BCUT2D eigenvalue weighted by Gasteiger charge is -2.25. The van der Waals surface area contributed by atoms with Gasteiger partial charge in [0.1, 0.15) is 21.3 Å². The number of carbonyl (C=O) groups excluding carboxylic acids is 1. The minimum atomic E-state index is -0.331. The monoisotopic (exact) mass is 336 g/mol. The molecule has 0 atom stereocenters. The fraction of sp³-hybridized carbons (Fsp3) is 0.533. The van der Waals surface area contributed by atoms with Crippen LogP contribution >= 0.6 is 11.3 Å². The molecule has 3 rings (SSSR count). The number of anilines is 1. The van der Waals surface area contributed by atoms with Crippen LogP contribution in [0.4, 0.5) is 5.82 Å². The number of hydrogen-bond acceptors (Lipinski definition) is 8. The van der Waals surface area contributed by atoms with Crippen molar-refractivity contribution in [3.05, 3.63) is 16.3 Å². The van der Waals surface area contributed by atoms with Crippen molar-refractivity contribution in [3.8, 4) is 0 Å². The van der Waals surface area contributed by atoms with E-state index in [-0.39, 0.29) is 5.97 Å². The number of aryl methyl sites for hydroxylation is 1. The molecule has 0 saturated carbocycles. The number of hydrogen-bond donors (Lipinski definition) is 1. The average molecular weight is 336 g/mol. The summed E-state index contributed by atoms with van der Waals surface area (Å²) in [6, 6.07) is 0. The number of rotatable bonds is 4. The van der Waals surface area contributed by atoms with Gasteiger partial charge in [0.05, 0.1) is 31.8 Å². The summed E-state index contributed by atoms with van der Waals surface area (Å²) >= 11 is 1.31. The lowest BCUT2D eigenvalue weighted by Crippen LogP contribution is -2.36. The molecule has 1 fully saturated rings. The second-order valence-corrected chi connectivity index (χ2v) is 6.37. The molecule has 7 nitrogen and oxygen atoms in total. The molecule has 2 aromatic heterocycles. The van der Waals surface area contributed by atoms with Crippen LogP contribution in [-0.2, 0) is 16.0 Å². The standard InChI is InChI=1S/C15H20N4O3S/c1-3-22-15(20)12-9(2)11-13(16)17-10(18-14(11)23-12)8-19-4-6-21-7-5-19/h3-8H2,1-2H3,(H2,16,17,18). The molecule has 2 N–H and O–H groups in total. The molecule has 0 amide bonds. The molecule has 3 heterocycles. The number of nitrogens with two attached hydrogens (primary N) is 1. The van der Waals surface area contributed by atoms with Crippen molar-refractivity contribution in [2.75, 3.05) is 38.6 Å². The van der Waals surface area contributed by atoms with Crippen LogP contribution in [0.2, 0.25) is 0 Å². The first-order valence-electron chi connectivity index (χ1n) is 7.62. The molecule has 1 aliphatic rings. The highest BCUT2D eigenvalue weighted by Crippen LogP contribution is 2.33. The van der Waals surface area contributed by atoms with Gasteiger partial charge in [0.15, 0.2) is 0 Å². The molecule has 8 heteroatoms. The number of ether oxygens (including phenoxy) is 2. The predicted molar refractivity (Wildman–Crippen MR) is 88.6 cm³/mol. The summed E-state index contributed by atoms with van der Waals surface area (Å²) in [6.07, 6.45) is 0. The van der Waals surface area contributed by atoms with Crippen molar-refractivity contribution < 1.29 is 14.3 Å². The van der Waals surface area contributed by atoms with Crippen molar-refractivity contribution in [2.45, 2.75) is 20.4 Å². The van der Waals surface area contributed by atoms with Gasteiger partial charge < -0.3 is 15.2 Å². The summed E-state index contributed by atoms with van der Waals surface area (Å²) < 4.78 is 10.4. The van der Waals surface area contributed by atoms with Gasteiger partial charge in [-0.05, 0) is 19.4 Å². The Labute approximate surface area is 138 Å². The highest BCUT2D eigenvalue weighted by molar-refractivity contribution is 7.20. The summed E-state index contributed by atoms with van der Waals surface area (Å²) in [7, 11) is 0. The zero-order chi connectivity index (χ0) is 16.4. The van der Waals surface area contributed by atoms with Gasteiger partial charge >= 0.3 is 5.97 Å². The van der Waals surface area contributed by atoms with E-state index < -0.39 is 0 Å². The maximum absolute atomic E-state index is 12.0. The Morgan fingerprint density at radius 3 is 2.83 bits per heavy atom. The topological polar surface area (TPSA) is 90.6 Å². The van der Waals surface area contributed by atoms with Crippen molar-refractivity contribution in [2.24, 2.45) is 0 Å². The van der Waals surface area contributed by atoms with E-state index in [0.717, 1.165) is 42.1 Å². The maximum atomic E-state index is 12.0. The van der Waals surface area contributed by atoms with Gasteiger partial charge in [-0.1, -0.05) is 0 Å². The van der Waals surface area contributed by atoms with Gasteiger partial charge in [0.25, 0.3) is 0 Å². The van der Waals surface area contributed by atoms with E-state index >= 15 is 0 Å². The van der Waals surface area contributed by atoms with Crippen molar-refractivity contribution in [1.29, 1.82) is 0 Å². The van der Waals surface area contributed by atoms with Crippen LogP contribution in [0.5, 0.6) is 0 Å². The Morgan fingerprint density at radius 2 is 2.13 bits per heavy atom. The Bertz CT molecular complexity index is 725. The van der Waals surface area contributed by atoms with E-state index in [9.17, 15) is 4.79 Å². The highest BCUT2D eigenvalue weighted by Gasteiger charge is 2.21. The van der Waals surface area contributed by atoms with Crippen molar-refractivity contribution >= 4 is 33.3 Å². The number of aromatic nitrogens is 2. The molecule has 124 valence electrons. The molecule has 1 aliphatic heterocycles. The number of nitrogens with zero attached hydrogens (tertiary/aromatic N) is 3. The molecule has 0 aromatic carbocycles. The largest absolute Gasteiger partial charge is 0.462 e. The molecule has 2 aromatic rings. The smallest absolute Gasteiger partial charge is 0.348 e. The quantitative estimate of drug-likeness (QED) is 0.848. The van der Waals surface area contributed by atoms with Gasteiger partial charge in [-0.3, -0.25) is 4.90 Å². The van der Waals surface area contributed by atoms with Crippen molar-refractivity contribution in [1.82, 2.24) is 14.9 Å². The molecule has 1 saturated heterocycles. The fourth-order valence-corrected chi connectivity index (χ4v) is 3.74. The van der Waals surface area contributed by atoms with Gasteiger partial charge in [-0.2, -0.15) is 0 Å². The van der Waals surface area contributed by atoms with Gasteiger partial charge in [0, 0.05) is 13.1 Å². The molecular formula is C15H20N4O3S. The third-order valence-electron chi connectivity index (χ3n) is 3.79. The predicted octanol–water partition coefficient (Wildman–Crippen LogP) is 1.59. The van der Waals surface area contributed by atoms with Crippen LogP contribution < -0.4 is 5.73 Å². The highest BCUT2D eigenvalue weighted by atomic mass is 32.1. The van der Waals surface area contributed by atoms with Crippen LogP contribution in [0.3, 0.4) is 0 Å². The van der Waals surface area contributed by atoms with Crippen LogP contribution in [0, 0.1) is 6.92 Å². The summed E-state index contributed by atoms with van der Waals surface area (Å²) in [5, 5.41) is 0.754. The number of carbonyl (C=O) groups is 1. The molecule has 23 heavy (non-hydrogen) atoms. The number of esters is 1. The number of fused-ring (bicyclic) bond motifs is 1. The molecular weight excluding hydrogens is 316 g/mol. The Balaban J connectivity index is 1.92. The van der Waals surface area contributed by atoms with Crippen LogP contribution in [0.1, 0.15) is 28.0 Å². The molecule has 0 aliphatic carbocycles. The second kappa shape index (κ2) is 6.77. The molecule has 0 radical (unpaired) electrons. The first kappa shape index (κ1) is 16.1. The number of nitrogen functional groups attached to an aromatic ring is 1. The SMILES string of the molecule is CCOC(=O)c1sc2nc(CN3CCOCC3)nc(N)c2c1C. The van der Waals surface area contributed by atoms with Gasteiger partial charge in [0.2, 0.25) is 0 Å². The molecule has 0 bridgehead atoms. The zero-order valence-electron chi connectivity index (χ0n) is 13.3. The normalized spacial score (nSPS) is 15.9. The number of morpholine rings is 1. The summed E-state index contributed by atoms with van der Waals surface area (Å²) in [5.41, 5.74) is 6.90. The third kappa shape index (κ3) is 3.29. The lowest BCUT2D eigenvalue weighted by atomic mass is 10.2. The zero-order valence-corrected chi connectivity index (χ0v) is 14.1. The molecule has 0 unspecified atom stereocenters. The molecule has 0 spiro atoms. The summed E-state index contributed by atoms with van der Waals surface area (Å²) in [5.74, 6) is 0.762. The van der Waals surface area contributed by atoms with Gasteiger partial charge in [-0.15, -0.1) is 11.3 Å².